The summed E-state index contributed by atoms with van der Waals surface area (Å²) >= 11 is 0. The molecule has 0 saturated heterocycles. The number of carbonyl (C=O) groups excluding carboxylic acids is 2. The van der Waals surface area contributed by atoms with Gasteiger partial charge in [0.25, 0.3) is 5.91 Å². The second-order valence-corrected chi connectivity index (χ2v) is 4.15. The molecular weight excluding hydrogens is 202 g/mol. The fraction of sp³-hybridized carbons (Fsp3) is 0.385. The summed E-state index contributed by atoms with van der Waals surface area (Å²) in [5.74, 6) is -0.558. The Morgan fingerprint density at radius 3 is 2.75 bits per heavy atom. The molecule has 0 aromatic heterocycles. The largest absolute Gasteiger partial charge is 0.346 e. The van der Waals surface area contributed by atoms with Crippen molar-refractivity contribution in [3.05, 3.63) is 34.9 Å². The van der Waals surface area contributed by atoms with Crippen molar-refractivity contribution in [2.75, 3.05) is 0 Å². The van der Waals surface area contributed by atoms with Crippen LogP contribution in [0.1, 0.15) is 29.5 Å². The maximum atomic E-state index is 10.8. The Labute approximate surface area is 94.9 Å². The van der Waals surface area contributed by atoms with Crippen molar-refractivity contribution in [3.8, 4) is 0 Å². The minimum absolute atomic E-state index is 0.304. The van der Waals surface area contributed by atoms with Gasteiger partial charge in [-0.2, -0.15) is 0 Å². The highest BCUT2D eigenvalue weighted by Crippen LogP contribution is 2.22. The lowest BCUT2D eigenvalue weighted by atomic mass is 9.90. The van der Waals surface area contributed by atoms with E-state index in [9.17, 15) is 9.59 Å². The number of rotatable bonds is 3. The van der Waals surface area contributed by atoms with Gasteiger partial charge in [-0.15, -0.1) is 0 Å². The number of aldehydes is 1. The molecule has 0 aliphatic heterocycles. The van der Waals surface area contributed by atoms with E-state index < -0.39 is 5.91 Å². The molecule has 0 bridgehead atoms. The summed E-state index contributed by atoms with van der Waals surface area (Å²) in [5.41, 5.74) is 3.89. The van der Waals surface area contributed by atoms with Crippen molar-refractivity contribution in [3.63, 3.8) is 0 Å². The van der Waals surface area contributed by atoms with Gasteiger partial charge in [0.05, 0.1) is 0 Å². The van der Waals surface area contributed by atoms with E-state index in [0.717, 1.165) is 18.4 Å². The van der Waals surface area contributed by atoms with Crippen LogP contribution in [0.2, 0.25) is 0 Å². The molecule has 1 N–H and O–H groups in total. The molecule has 16 heavy (non-hydrogen) atoms. The Balaban J connectivity index is 2.05. The van der Waals surface area contributed by atoms with Crippen LogP contribution in [0.3, 0.4) is 0 Å². The average molecular weight is 217 g/mol. The van der Waals surface area contributed by atoms with Crippen molar-refractivity contribution in [1.29, 1.82) is 0 Å². The summed E-state index contributed by atoms with van der Waals surface area (Å²) in [6.07, 6.45) is 5.12. The van der Waals surface area contributed by atoms with E-state index in [-0.39, 0.29) is 0 Å². The quantitative estimate of drug-likeness (QED) is 0.614. The second-order valence-electron chi connectivity index (χ2n) is 4.15. The van der Waals surface area contributed by atoms with Crippen LogP contribution in [-0.2, 0) is 29.0 Å². The highest BCUT2D eigenvalue weighted by atomic mass is 16.2. The van der Waals surface area contributed by atoms with E-state index >= 15 is 0 Å². The molecule has 1 aromatic rings. The molecule has 0 atom stereocenters. The van der Waals surface area contributed by atoms with Crippen LogP contribution in [0.4, 0.5) is 0 Å². The van der Waals surface area contributed by atoms with E-state index in [1.165, 1.54) is 24.0 Å². The Kier molecular flexibility index (Phi) is 3.34. The molecule has 1 aliphatic rings. The second kappa shape index (κ2) is 4.92. The molecule has 1 aliphatic carbocycles. The first-order chi connectivity index (χ1) is 7.79. The molecule has 0 spiro atoms. The normalized spacial score (nSPS) is 14.0. The van der Waals surface area contributed by atoms with Crippen LogP contribution < -0.4 is 5.32 Å². The minimum Gasteiger partial charge on any atom is -0.346 e. The van der Waals surface area contributed by atoms with Gasteiger partial charge in [-0.25, -0.2) is 0 Å². The molecule has 3 heteroatoms. The molecule has 0 saturated carbocycles. The standard InChI is InChI=1S/C13H15NO2/c15-9-13(16)14-8-10-5-6-11-3-1-2-4-12(11)7-10/h5-7,9H,1-4,8H2,(H,14,16). The molecule has 1 aromatic carbocycles. The zero-order valence-corrected chi connectivity index (χ0v) is 9.16. The van der Waals surface area contributed by atoms with Gasteiger partial charge in [-0.1, -0.05) is 18.2 Å². The van der Waals surface area contributed by atoms with Gasteiger partial charge in [0.2, 0.25) is 6.29 Å². The lowest BCUT2D eigenvalue weighted by Crippen LogP contribution is -2.23. The van der Waals surface area contributed by atoms with Crippen molar-refractivity contribution in [2.24, 2.45) is 0 Å². The van der Waals surface area contributed by atoms with Crippen molar-refractivity contribution < 1.29 is 9.59 Å². The topological polar surface area (TPSA) is 46.2 Å². The predicted molar refractivity (Wildman–Crippen MR) is 61.0 cm³/mol. The first kappa shape index (κ1) is 10.9. The van der Waals surface area contributed by atoms with Gasteiger partial charge in [0.15, 0.2) is 0 Å². The molecule has 0 fully saturated rings. The lowest BCUT2D eigenvalue weighted by molar-refractivity contribution is -0.131. The van der Waals surface area contributed by atoms with E-state index in [2.05, 4.69) is 17.4 Å². The zero-order valence-electron chi connectivity index (χ0n) is 9.16. The van der Waals surface area contributed by atoms with Crippen molar-refractivity contribution in [2.45, 2.75) is 32.2 Å². The third kappa shape index (κ3) is 2.48. The fourth-order valence-corrected chi connectivity index (χ4v) is 2.13. The molecule has 1 amide bonds. The summed E-state index contributed by atoms with van der Waals surface area (Å²) in [7, 11) is 0. The highest BCUT2D eigenvalue weighted by Gasteiger charge is 2.09. The molecular formula is C13H15NO2. The van der Waals surface area contributed by atoms with Gasteiger partial charge in [0.1, 0.15) is 0 Å². The van der Waals surface area contributed by atoms with Gasteiger partial charge in [0, 0.05) is 6.54 Å². The monoisotopic (exact) mass is 217 g/mol. The van der Waals surface area contributed by atoms with E-state index in [0.29, 0.717) is 12.8 Å². The fourth-order valence-electron chi connectivity index (χ4n) is 2.13. The third-order valence-electron chi connectivity index (χ3n) is 2.99. The molecule has 2 rings (SSSR count). The average Bonchev–Trinajstić information content (AvgIpc) is 2.35. The smallest absolute Gasteiger partial charge is 0.284 e. The van der Waals surface area contributed by atoms with Crippen LogP contribution in [0, 0.1) is 0 Å². The maximum absolute atomic E-state index is 10.8. The summed E-state index contributed by atoms with van der Waals surface area (Å²) in [4.78, 5) is 20.9. The van der Waals surface area contributed by atoms with Crippen LogP contribution in [-0.4, -0.2) is 12.2 Å². The molecule has 0 radical (unpaired) electrons. The Bertz CT molecular complexity index is 412. The van der Waals surface area contributed by atoms with Crippen LogP contribution >= 0.6 is 0 Å². The van der Waals surface area contributed by atoms with Crippen molar-refractivity contribution >= 4 is 12.2 Å². The maximum Gasteiger partial charge on any atom is 0.284 e. The SMILES string of the molecule is O=CC(=O)NCc1ccc2c(c1)CCCC2. The Morgan fingerprint density at radius 1 is 1.25 bits per heavy atom. The Morgan fingerprint density at radius 2 is 2.00 bits per heavy atom. The van der Waals surface area contributed by atoms with E-state index in [4.69, 9.17) is 0 Å². The van der Waals surface area contributed by atoms with Crippen LogP contribution in [0.5, 0.6) is 0 Å². The number of aryl methyl sites for hydroxylation is 2. The number of hydrogen-bond acceptors (Lipinski definition) is 2. The number of benzene rings is 1. The summed E-state index contributed by atoms with van der Waals surface area (Å²) in [5, 5.41) is 2.55. The number of hydrogen-bond donors (Lipinski definition) is 1. The van der Waals surface area contributed by atoms with E-state index in [1.807, 2.05) is 6.07 Å². The lowest BCUT2D eigenvalue weighted by Gasteiger charge is -2.16. The van der Waals surface area contributed by atoms with E-state index in [1.54, 1.807) is 0 Å². The summed E-state index contributed by atoms with van der Waals surface area (Å²) < 4.78 is 0. The highest BCUT2D eigenvalue weighted by molar-refractivity contribution is 6.23. The number of fused-ring (bicyclic) bond motifs is 1. The minimum atomic E-state index is -0.558. The molecule has 84 valence electrons. The number of nitrogens with one attached hydrogen (secondary N) is 1. The molecule has 0 unspecified atom stereocenters. The molecule has 0 heterocycles. The first-order valence-electron chi connectivity index (χ1n) is 5.63. The predicted octanol–water partition coefficient (Wildman–Crippen LogP) is 1.38. The third-order valence-corrected chi connectivity index (χ3v) is 2.99. The van der Waals surface area contributed by atoms with Gasteiger partial charge in [-0.3, -0.25) is 9.59 Å². The van der Waals surface area contributed by atoms with Crippen LogP contribution in [0.15, 0.2) is 18.2 Å². The van der Waals surface area contributed by atoms with Crippen molar-refractivity contribution in [1.82, 2.24) is 5.32 Å². The Hall–Kier alpha value is -1.64. The summed E-state index contributed by atoms with van der Waals surface area (Å²) in [6.45, 7) is 0.435. The number of amides is 1. The molecule has 3 nitrogen and oxygen atoms in total. The summed E-state index contributed by atoms with van der Waals surface area (Å²) in [6, 6.07) is 6.30. The van der Waals surface area contributed by atoms with Crippen LogP contribution in [0.25, 0.3) is 0 Å². The van der Waals surface area contributed by atoms with Gasteiger partial charge < -0.3 is 5.32 Å². The first-order valence-corrected chi connectivity index (χ1v) is 5.63. The van der Waals surface area contributed by atoms with Gasteiger partial charge >= 0.3 is 0 Å². The van der Waals surface area contributed by atoms with Gasteiger partial charge in [-0.05, 0) is 42.4 Å². The number of carbonyl (C=O) groups is 2. The zero-order chi connectivity index (χ0) is 11.4.